The third-order valence-electron chi connectivity index (χ3n) is 5.69. The first-order chi connectivity index (χ1) is 15.0. The maximum Gasteiger partial charge on any atom is 0.303 e. The minimum absolute atomic E-state index is 0.250. The highest BCUT2D eigenvalue weighted by molar-refractivity contribution is 7.18. The summed E-state index contributed by atoms with van der Waals surface area (Å²) in [5, 5.41) is 20.7. The van der Waals surface area contributed by atoms with E-state index in [-0.39, 0.29) is 24.1 Å². The Hall–Kier alpha value is -3.13. The summed E-state index contributed by atoms with van der Waals surface area (Å²) >= 11 is 1.23. The molecule has 0 radical (unpaired) electrons. The van der Waals surface area contributed by atoms with E-state index in [0.29, 0.717) is 21.6 Å². The molecule has 1 amide bonds. The average molecular weight is 440 g/mol. The number of aliphatic carboxylic acids is 1. The molecule has 0 saturated heterocycles. The van der Waals surface area contributed by atoms with E-state index in [0.717, 1.165) is 31.2 Å². The molecule has 6 nitrogen and oxygen atoms in total. The first-order valence-electron chi connectivity index (χ1n) is 10.2. The highest BCUT2D eigenvalue weighted by Crippen LogP contribution is 2.37. The van der Waals surface area contributed by atoms with Crippen molar-refractivity contribution < 1.29 is 19.1 Å². The Bertz CT molecular complexity index is 1060. The number of carboxylic acids is 1. The minimum Gasteiger partial charge on any atom is -0.481 e. The average Bonchev–Trinajstić information content (AvgIpc) is 3.23. The largest absolute Gasteiger partial charge is 0.481 e. The summed E-state index contributed by atoms with van der Waals surface area (Å²) in [7, 11) is 0. The number of anilines is 1. The number of carbonyl (C=O) groups is 2. The van der Waals surface area contributed by atoms with Gasteiger partial charge in [-0.1, -0.05) is 23.5 Å². The predicted octanol–water partition coefficient (Wildman–Crippen LogP) is 5.35. The summed E-state index contributed by atoms with van der Waals surface area (Å²) in [6.45, 7) is 0. The number of halogens is 1. The van der Waals surface area contributed by atoms with Crippen LogP contribution in [0.1, 0.15) is 53.9 Å². The molecule has 31 heavy (non-hydrogen) atoms. The van der Waals surface area contributed by atoms with Crippen molar-refractivity contribution in [1.82, 2.24) is 10.2 Å². The Morgan fingerprint density at radius 2 is 1.68 bits per heavy atom. The number of hydrogen-bond donors (Lipinski definition) is 2. The second-order valence-electron chi connectivity index (χ2n) is 7.81. The lowest BCUT2D eigenvalue weighted by Gasteiger charge is -2.28. The highest BCUT2D eigenvalue weighted by atomic mass is 32.1. The summed E-state index contributed by atoms with van der Waals surface area (Å²) in [6, 6.07) is 13.5. The number of carboxylic acid groups (broad SMARTS) is 1. The third-order valence-corrected chi connectivity index (χ3v) is 6.58. The molecule has 1 saturated carbocycles. The van der Waals surface area contributed by atoms with E-state index in [2.05, 4.69) is 15.5 Å². The molecule has 0 spiro atoms. The standard InChI is InChI=1S/C23H22FN3O3S/c24-19-11-9-18(10-12-19)22-26-27-23(31-22)25-21(30)17-7-5-16(6-8-17)15-3-1-14(2-4-15)13-20(28)29/h5-12,14-15H,1-4,13H2,(H,28,29)(H,25,27,30). The van der Waals surface area contributed by atoms with Crippen LogP contribution in [-0.2, 0) is 4.79 Å². The monoisotopic (exact) mass is 439 g/mol. The molecular formula is C23H22FN3O3S. The topological polar surface area (TPSA) is 92.2 Å². The number of nitrogens with one attached hydrogen (secondary N) is 1. The van der Waals surface area contributed by atoms with Crippen molar-refractivity contribution in [1.29, 1.82) is 0 Å². The summed E-state index contributed by atoms with van der Waals surface area (Å²) in [6.07, 6.45) is 4.04. The Kier molecular flexibility index (Phi) is 6.36. The fraction of sp³-hybridized carbons (Fsp3) is 0.304. The molecule has 8 heteroatoms. The number of amides is 1. The van der Waals surface area contributed by atoms with E-state index in [1.54, 1.807) is 24.3 Å². The van der Waals surface area contributed by atoms with Gasteiger partial charge in [0.2, 0.25) is 5.13 Å². The molecule has 1 heterocycles. The van der Waals surface area contributed by atoms with Gasteiger partial charge in [0.05, 0.1) is 0 Å². The van der Waals surface area contributed by atoms with Gasteiger partial charge in [-0.2, -0.15) is 0 Å². The van der Waals surface area contributed by atoms with Crippen molar-refractivity contribution in [2.45, 2.75) is 38.0 Å². The number of benzene rings is 2. The molecule has 4 rings (SSSR count). The van der Waals surface area contributed by atoms with Gasteiger partial charge >= 0.3 is 5.97 Å². The summed E-state index contributed by atoms with van der Waals surface area (Å²) in [5.41, 5.74) is 2.45. The number of aromatic nitrogens is 2. The van der Waals surface area contributed by atoms with Crippen LogP contribution in [-0.4, -0.2) is 27.2 Å². The fourth-order valence-corrected chi connectivity index (χ4v) is 4.75. The molecule has 3 aromatic rings. The van der Waals surface area contributed by atoms with Crippen LogP contribution in [0.3, 0.4) is 0 Å². The van der Waals surface area contributed by atoms with Crippen LogP contribution in [0.15, 0.2) is 48.5 Å². The maximum atomic E-state index is 13.1. The molecule has 2 aromatic carbocycles. The predicted molar refractivity (Wildman–Crippen MR) is 117 cm³/mol. The normalized spacial score (nSPS) is 18.5. The number of rotatable bonds is 6. The van der Waals surface area contributed by atoms with E-state index in [1.807, 2.05) is 12.1 Å². The van der Waals surface area contributed by atoms with Gasteiger partial charge in [-0.3, -0.25) is 14.9 Å². The zero-order chi connectivity index (χ0) is 21.8. The van der Waals surface area contributed by atoms with Crippen LogP contribution in [0.5, 0.6) is 0 Å². The van der Waals surface area contributed by atoms with Gasteiger partial charge in [0, 0.05) is 17.5 Å². The van der Waals surface area contributed by atoms with Crippen molar-refractivity contribution >= 4 is 28.3 Å². The van der Waals surface area contributed by atoms with Crippen molar-refractivity contribution in [2.24, 2.45) is 5.92 Å². The molecule has 1 aliphatic rings. The van der Waals surface area contributed by atoms with E-state index < -0.39 is 5.97 Å². The third kappa shape index (κ3) is 5.32. The highest BCUT2D eigenvalue weighted by Gasteiger charge is 2.24. The van der Waals surface area contributed by atoms with Crippen LogP contribution in [0.25, 0.3) is 10.6 Å². The SMILES string of the molecule is O=C(O)CC1CCC(c2ccc(C(=O)Nc3nnc(-c4ccc(F)cc4)s3)cc2)CC1. The van der Waals surface area contributed by atoms with Gasteiger partial charge in [-0.15, -0.1) is 10.2 Å². The van der Waals surface area contributed by atoms with E-state index in [4.69, 9.17) is 5.11 Å². The second-order valence-corrected chi connectivity index (χ2v) is 8.79. The van der Waals surface area contributed by atoms with Gasteiger partial charge in [0.1, 0.15) is 10.8 Å². The van der Waals surface area contributed by atoms with Crippen molar-refractivity contribution in [3.05, 3.63) is 65.5 Å². The Morgan fingerprint density at radius 3 is 2.32 bits per heavy atom. The first kappa shape index (κ1) is 21.1. The molecular weight excluding hydrogens is 417 g/mol. The first-order valence-corrected chi connectivity index (χ1v) is 11.0. The van der Waals surface area contributed by atoms with Crippen molar-refractivity contribution in [3.8, 4) is 10.6 Å². The molecule has 0 aliphatic heterocycles. The molecule has 0 unspecified atom stereocenters. The summed E-state index contributed by atoms with van der Waals surface area (Å²) < 4.78 is 13.1. The molecule has 160 valence electrons. The van der Waals surface area contributed by atoms with Crippen LogP contribution in [0, 0.1) is 11.7 Å². The van der Waals surface area contributed by atoms with E-state index >= 15 is 0 Å². The Labute approximate surface area is 183 Å². The van der Waals surface area contributed by atoms with Crippen LogP contribution < -0.4 is 5.32 Å². The lowest BCUT2D eigenvalue weighted by atomic mass is 9.77. The lowest BCUT2D eigenvalue weighted by molar-refractivity contribution is -0.138. The summed E-state index contributed by atoms with van der Waals surface area (Å²) in [4.78, 5) is 23.4. The Morgan fingerprint density at radius 1 is 1.00 bits per heavy atom. The van der Waals surface area contributed by atoms with Gasteiger partial charge in [0.25, 0.3) is 5.91 Å². The zero-order valence-corrected chi connectivity index (χ0v) is 17.6. The number of nitrogens with zero attached hydrogens (tertiary/aromatic N) is 2. The smallest absolute Gasteiger partial charge is 0.303 e. The van der Waals surface area contributed by atoms with Crippen molar-refractivity contribution in [3.63, 3.8) is 0 Å². The van der Waals surface area contributed by atoms with Crippen LogP contribution in [0.4, 0.5) is 9.52 Å². The van der Waals surface area contributed by atoms with Gasteiger partial charge in [0.15, 0.2) is 0 Å². The van der Waals surface area contributed by atoms with Crippen molar-refractivity contribution in [2.75, 3.05) is 5.32 Å². The molecule has 1 fully saturated rings. The van der Waals surface area contributed by atoms with Gasteiger partial charge in [-0.25, -0.2) is 4.39 Å². The van der Waals surface area contributed by atoms with Gasteiger partial charge in [-0.05, 0) is 79.5 Å². The molecule has 2 N–H and O–H groups in total. The van der Waals surface area contributed by atoms with E-state index in [1.165, 1.54) is 29.0 Å². The van der Waals surface area contributed by atoms with Crippen LogP contribution >= 0.6 is 11.3 Å². The molecule has 0 atom stereocenters. The molecule has 1 aromatic heterocycles. The van der Waals surface area contributed by atoms with Gasteiger partial charge < -0.3 is 5.11 Å². The number of carbonyl (C=O) groups excluding carboxylic acids is 1. The molecule has 0 bridgehead atoms. The van der Waals surface area contributed by atoms with E-state index in [9.17, 15) is 14.0 Å². The fourth-order valence-electron chi connectivity index (χ4n) is 4.01. The quantitative estimate of drug-likeness (QED) is 0.540. The van der Waals surface area contributed by atoms with Crippen LogP contribution in [0.2, 0.25) is 0 Å². The molecule has 1 aliphatic carbocycles. The summed E-state index contributed by atoms with van der Waals surface area (Å²) in [5.74, 6) is -0.634. The maximum absolute atomic E-state index is 13.1. The minimum atomic E-state index is -0.723. The zero-order valence-electron chi connectivity index (χ0n) is 16.8. The second kappa shape index (κ2) is 9.34. The Balaban J connectivity index is 1.35. The lowest BCUT2D eigenvalue weighted by Crippen LogP contribution is -2.16. The number of hydrogen-bond acceptors (Lipinski definition) is 5.